The quantitative estimate of drug-likeness (QED) is 0.661. The average molecular weight is 398 g/mol. The summed E-state index contributed by atoms with van der Waals surface area (Å²) in [6.07, 6.45) is 14.4. The van der Waals surface area contributed by atoms with E-state index in [-0.39, 0.29) is 10.3 Å². The maximum Gasteiger partial charge on any atom is 0.177 e. The summed E-state index contributed by atoms with van der Waals surface area (Å²) >= 11 is 1.74. The number of aromatic nitrogens is 1. The van der Waals surface area contributed by atoms with Gasteiger partial charge in [-0.25, -0.2) is 8.42 Å². The lowest BCUT2D eigenvalue weighted by molar-refractivity contribution is 0.523. The maximum atomic E-state index is 11.7. The average Bonchev–Trinajstić information content (AvgIpc) is 3.28. The minimum atomic E-state index is -3.24. The van der Waals surface area contributed by atoms with Crippen LogP contribution in [0.3, 0.4) is 0 Å². The minimum Gasteiger partial charge on any atom is -0.255 e. The molecule has 0 amide bonds. The van der Waals surface area contributed by atoms with Crippen molar-refractivity contribution >= 4 is 32.7 Å². The van der Waals surface area contributed by atoms with Crippen LogP contribution in [0.25, 0.3) is 11.1 Å². The Bertz CT molecular complexity index is 1010. The van der Waals surface area contributed by atoms with Gasteiger partial charge in [0.05, 0.1) is 10.6 Å². The summed E-state index contributed by atoms with van der Waals surface area (Å²) in [4.78, 5) is 6.00. The Kier molecular flexibility index (Phi) is 4.77. The van der Waals surface area contributed by atoms with Crippen molar-refractivity contribution in [3.63, 3.8) is 0 Å². The van der Waals surface area contributed by atoms with Crippen LogP contribution in [0.1, 0.15) is 36.9 Å². The van der Waals surface area contributed by atoms with Crippen LogP contribution in [-0.2, 0) is 9.84 Å². The lowest BCUT2D eigenvalue weighted by Gasteiger charge is -2.16. The number of thioether (sulfide) groups is 1. The molecule has 1 aromatic heterocycles. The zero-order valence-electron chi connectivity index (χ0n) is 15.6. The number of hydrogen-bond acceptors (Lipinski definition) is 4. The molecule has 5 heteroatoms. The third-order valence-electron chi connectivity index (χ3n) is 5.53. The van der Waals surface area contributed by atoms with Crippen LogP contribution in [0.5, 0.6) is 0 Å². The SMILES string of the molecule is CSc1ccc(C2=CC3(C=C2c2ccc(S(C)(=O)=O)cn2)CCCC3)cc1. The van der Waals surface area contributed by atoms with E-state index >= 15 is 0 Å². The van der Waals surface area contributed by atoms with Gasteiger partial charge in [0.2, 0.25) is 0 Å². The second-order valence-corrected chi connectivity index (χ2v) is 10.3. The molecular weight excluding hydrogens is 374 g/mol. The zero-order valence-corrected chi connectivity index (χ0v) is 17.2. The summed E-state index contributed by atoms with van der Waals surface area (Å²) in [7, 11) is -3.24. The molecule has 2 aliphatic carbocycles. The van der Waals surface area contributed by atoms with Gasteiger partial charge in [0.1, 0.15) is 0 Å². The van der Waals surface area contributed by atoms with Crippen LogP contribution in [0, 0.1) is 5.41 Å². The summed E-state index contributed by atoms with van der Waals surface area (Å²) in [5.74, 6) is 0. The molecule has 140 valence electrons. The summed E-state index contributed by atoms with van der Waals surface area (Å²) in [6.45, 7) is 0. The Hall–Kier alpha value is -1.85. The van der Waals surface area contributed by atoms with Crippen molar-refractivity contribution < 1.29 is 8.42 Å². The smallest absolute Gasteiger partial charge is 0.177 e. The largest absolute Gasteiger partial charge is 0.255 e. The number of pyridine rings is 1. The molecular formula is C22H23NO2S2. The molecule has 0 unspecified atom stereocenters. The molecule has 0 radical (unpaired) electrons. The van der Waals surface area contributed by atoms with Gasteiger partial charge < -0.3 is 0 Å². The van der Waals surface area contributed by atoms with Crippen LogP contribution >= 0.6 is 11.8 Å². The van der Waals surface area contributed by atoms with E-state index in [1.54, 1.807) is 17.8 Å². The minimum absolute atomic E-state index is 0.125. The molecule has 0 atom stereocenters. The van der Waals surface area contributed by atoms with E-state index in [4.69, 9.17) is 0 Å². The van der Waals surface area contributed by atoms with Gasteiger partial charge in [-0.05, 0) is 54.5 Å². The number of nitrogens with zero attached hydrogens (tertiary/aromatic N) is 1. The first-order valence-corrected chi connectivity index (χ1v) is 12.3. The van der Waals surface area contributed by atoms with Crippen molar-refractivity contribution in [2.24, 2.45) is 5.41 Å². The normalized spacial score (nSPS) is 18.6. The second-order valence-electron chi connectivity index (χ2n) is 7.44. The molecule has 1 saturated carbocycles. The Balaban J connectivity index is 1.77. The van der Waals surface area contributed by atoms with Gasteiger partial charge in [0.15, 0.2) is 9.84 Å². The van der Waals surface area contributed by atoms with Crippen molar-refractivity contribution in [2.45, 2.75) is 35.5 Å². The highest BCUT2D eigenvalue weighted by molar-refractivity contribution is 7.98. The number of allylic oxidation sites excluding steroid dienone is 4. The van der Waals surface area contributed by atoms with Gasteiger partial charge in [-0.2, -0.15) is 0 Å². The van der Waals surface area contributed by atoms with Crippen LogP contribution in [0.4, 0.5) is 0 Å². The third-order valence-corrected chi connectivity index (χ3v) is 7.37. The van der Waals surface area contributed by atoms with E-state index in [0.29, 0.717) is 0 Å². The van der Waals surface area contributed by atoms with Gasteiger partial charge >= 0.3 is 0 Å². The highest BCUT2D eigenvalue weighted by atomic mass is 32.2. The van der Waals surface area contributed by atoms with Crippen molar-refractivity contribution in [3.8, 4) is 0 Å². The highest BCUT2D eigenvalue weighted by Gasteiger charge is 2.36. The van der Waals surface area contributed by atoms with Crippen molar-refractivity contribution in [2.75, 3.05) is 12.5 Å². The van der Waals surface area contributed by atoms with Gasteiger partial charge in [-0.1, -0.05) is 37.1 Å². The molecule has 1 fully saturated rings. The number of hydrogen-bond donors (Lipinski definition) is 0. The fraction of sp³-hybridized carbons (Fsp3) is 0.318. The van der Waals surface area contributed by atoms with Crippen molar-refractivity contribution in [3.05, 3.63) is 66.0 Å². The molecule has 2 aliphatic rings. The first-order valence-electron chi connectivity index (χ1n) is 9.17. The van der Waals surface area contributed by atoms with Gasteiger partial charge in [-0.3, -0.25) is 4.98 Å². The molecule has 0 bridgehead atoms. The molecule has 1 spiro atoms. The molecule has 1 aromatic carbocycles. The fourth-order valence-electron chi connectivity index (χ4n) is 4.07. The standard InChI is InChI=1S/C22H23NO2S2/c1-26-17-7-5-16(6-8-17)19-13-22(11-3-4-12-22)14-20(19)21-10-9-18(15-23-21)27(2,24)25/h5-10,13-15H,3-4,11-12H2,1-2H3. The predicted octanol–water partition coefficient (Wildman–Crippen LogP) is 5.25. The van der Waals surface area contributed by atoms with Crippen LogP contribution in [-0.4, -0.2) is 25.9 Å². The molecule has 4 rings (SSSR count). The van der Waals surface area contributed by atoms with E-state index in [2.05, 4.69) is 47.7 Å². The maximum absolute atomic E-state index is 11.7. The van der Waals surface area contributed by atoms with Gasteiger partial charge in [0, 0.05) is 28.3 Å². The molecule has 27 heavy (non-hydrogen) atoms. The fourth-order valence-corrected chi connectivity index (χ4v) is 5.04. The topological polar surface area (TPSA) is 47.0 Å². The van der Waals surface area contributed by atoms with E-state index in [1.165, 1.54) is 54.2 Å². The number of sulfone groups is 1. The van der Waals surface area contributed by atoms with Crippen molar-refractivity contribution in [1.29, 1.82) is 0 Å². The Labute approximate surface area is 165 Å². The monoisotopic (exact) mass is 397 g/mol. The number of benzene rings is 1. The van der Waals surface area contributed by atoms with Gasteiger partial charge in [0.25, 0.3) is 0 Å². The lowest BCUT2D eigenvalue weighted by atomic mass is 9.88. The molecule has 3 nitrogen and oxygen atoms in total. The molecule has 1 heterocycles. The molecule has 0 N–H and O–H groups in total. The summed E-state index contributed by atoms with van der Waals surface area (Å²) in [5, 5.41) is 0. The summed E-state index contributed by atoms with van der Waals surface area (Å²) in [6, 6.07) is 12.1. The number of rotatable bonds is 4. The second kappa shape index (κ2) is 6.95. The van der Waals surface area contributed by atoms with Crippen molar-refractivity contribution in [1.82, 2.24) is 4.98 Å². The predicted molar refractivity (Wildman–Crippen MR) is 112 cm³/mol. The third kappa shape index (κ3) is 3.63. The van der Waals surface area contributed by atoms with Crippen LogP contribution in [0.15, 0.2) is 64.5 Å². The molecule has 2 aromatic rings. The Morgan fingerprint density at radius 3 is 2.19 bits per heavy atom. The zero-order chi connectivity index (χ0) is 19.1. The summed E-state index contributed by atoms with van der Waals surface area (Å²) in [5.41, 5.74) is 4.49. The first-order chi connectivity index (χ1) is 12.9. The van der Waals surface area contributed by atoms with Gasteiger partial charge in [-0.15, -0.1) is 11.8 Å². The summed E-state index contributed by atoms with van der Waals surface area (Å²) < 4.78 is 23.5. The Morgan fingerprint density at radius 1 is 0.963 bits per heavy atom. The first kappa shape index (κ1) is 18.5. The van der Waals surface area contributed by atoms with Crippen LogP contribution in [0.2, 0.25) is 0 Å². The van der Waals surface area contributed by atoms with E-state index in [9.17, 15) is 8.42 Å². The highest BCUT2D eigenvalue weighted by Crippen LogP contribution is 2.51. The molecule has 0 saturated heterocycles. The van der Waals surface area contributed by atoms with Crippen LogP contribution < -0.4 is 0 Å². The van der Waals surface area contributed by atoms with E-state index in [1.807, 2.05) is 6.07 Å². The lowest BCUT2D eigenvalue weighted by Crippen LogP contribution is -2.05. The van der Waals surface area contributed by atoms with E-state index < -0.39 is 9.84 Å². The molecule has 0 aliphatic heterocycles. The Morgan fingerprint density at radius 2 is 1.63 bits per heavy atom. The van der Waals surface area contributed by atoms with E-state index in [0.717, 1.165) is 11.3 Å².